The molecule has 0 unspecified atom stereocenters. The summed E-state index contributed by atoms with van der Waals surface area (Å²) in [7, 11) is 0. The van der Waals surface area contributed by atoms with Gasteiger partial charge in [0.15, 0.2) is 0 Å². The number of carbonyl (C=O) groups is 2. The van der Waals surface area contributed by atoms with Gasteiger partial charge in [-0.2, -0.15) is 0 Å². The first-order valence-corrected chi connectivity index (χ1v) is 6.01. The van der Waals surface area contributed by atoms with Crippen molar-refractivity contribution in [3.8, 4) is 0 Å². The molecule has 4 nitrogen and oxygen atoms in total. The second-order valence-electron chi connectivity index (χ2n) is 4.42. The van der Waals surface area contributed by atoms with Gasteiger partial charge in [0.2, 0.25) is 5.91 Å². The molecule has 0 saturated carbocycles. The van der Waals surface area contributed by atoms with Gasteiger partial charge >= 0.3 is 0 Å². The van der Waals surface area contributed by atoms with Crippen LogP contribution in [0, 0.1) is 0 Å². The lowest BCUT2D eigenvalue weighted by atomic mass is 10.1. The highest BCUT2D eigenvalue weighted by Crippen LogP contribution is 2.26. The number of fused-ring (bicyclic) bond motifs is 1. The molecule has 0 aliphatic carbocycles. The van der Waals surface area contributed by atoms with Crippen LogP contribution in [0.25, 0.3) is 0 Å². The first kappa shape index (κ1) is 11.5. The van der Waals surface area contributed by atoms with Gasteiger partial charge in [0, 0.05) is 16.9 Å². The lowest BCUT2D eigenvalue weighted by molar-refractivity contribution is -0.115. The fraction of sp³-hybridized carbons (Fsp3) is 0.0667. The quantitative estimate of drug-likeness (QED) is 0.862. The van der Waals surface area contributed by atoms with E-state index in [4.69, 9.17) is 0 Å². The first-order valence-electron chi connectivity index (χ1n) is 6.01. The minimum Gasteiger partial charge on any atom is -0.325 e. The number of nitrogens with one attached hydrogen (secondary N) is 2. The molecule has 0 spiro atoms. The number of amides is 2. The summed E-state index contributed by atoms with van der Waals surface area (Å²) in [5.41, 5.74) is 3.01. The Labute approximate surface area is 110 Å². The molecule has 2 amide bonds. The number of benzene rings is 2. The Morgan fingerprint density at radius 2 is 1.89 bits per heavy atom. The fourth-order valence-electron chi connectivity index (χ4n) is 2.08. The normalized spacial score (nSPS) is 12.7. The Morgan fingerprint density at radius 3 is 2.68 bits per heavy atom. The Morgan fingerprint density at radius 1 is 1.11 bits per heavy atom. The van der Waals surface area contributed by atoms with Crippen molar-refractivity contribution in [3.63, 3.8) is 0 Å². The highest BCUT2D eigenvalue weighted by Gasteiger charge is 2.17. The SMILES string of the molecule is O=C1Cc2ccc(NC(=O)c3ccccc3)cc2N1. The number of anilines is 2. The smallest absolute Gasteiger partial charge is 0.255 e. The number of carbonyl (C=O) groups excluding carboxylic acids is 2. The molecule has 1 aliphatic rings. The van der Waals surface area contributed by atoms with Crippen LogP contribution in [0.5, 0.6) is 0 Å². The van der Waals surface area contributed by atoms with E-state index in [1.807, 2.05) is 24.3 Å². The summed E-state index contributed by atoms with van der Waals surface area (Å²) >= 11 is 0. The molecular formula is C15H12N2O2. The van der Waals surface area contributed by atoms with Crippen LogP contribution in [-0.4, -0.2) is 11.8 Å². The molecule has 19 heavy (non-hydrogen) atoms. The van der Waals surface area contributed by atoms with E-state index in [1.54, 1.807) is 24.3 Å². The van der Waals surface area contributed by atoms with E-state index in [-0.39, 0.29) is 11.8 Å². The molecular weight excluding hydrogens is 240 g/mol. The molecule has 94 valence electrons. The minimum absolute atomic E-state index is 0.0125. The van der Waals surface area contributed by atoms with E-state index in [0.29, 0.717) is 17.7 Å². The third-order valence-corrected chi connectivity index (χ3v) is 3.03. The van der Waals surface area contributed by atoms with Crippen molar-refractivity contribution < 1.29 is 9.59 Å². The minimum atomic E-state index is -0.162. The highest BCUT2D eigenvalue weighted by molar-refractivity contribution is 6.05. The third-order valence-electron chi connectivity index (χ3n) is 3.03. The molecule has 2 aromatic rings. The van der Waals surface area contributed by atoms with Gasteiger partial charge in [-0.25, -0.2) is 0 Å². The number of hydrogen-bond donors (Lipinski definition) is 2. The van der Waals surface area contributed by atoms with Crippen LogP contribution in [0.3, 0.4) is 0 Å². The van der Waals surface area contributed by atoms with E-state index in [2.05, 4.69) is 10.6 Å². The van der Waals surface area contributed by atoms with E-state index in [0.717, 1.165) is 11.3 Å². The van der Waals surface area contributed by atoms with Crippen LogP contribution < -0.4 is 10.6 Å². The summed E-state index contributed by atoms with van der Waals surface area (Å²) in [5.74, 6) is -0.175. The Hall–Kier alpha value is -2.62. The predicted octanol–water partition coefficient (Wildman–Crippen LogP) is 2.43. The monoisotopic (exact) mass is 252 g/mol. The summed E-state index contributed by atoms with van der Waals surface area (Å²) in [6.45, 7) is 0. The van der Waals surface area contributed by atoms with Crippen LogP contribution in [0.4, 0.5) is 11.4 Å². The molecule has 0 bridgehead atoms. The maximum Gasteiger partial charge on any atom is 0.255 e. The summed E-state index contributed by atoms with van der Waals surface area (Å²) in [6.07, 6.45) is 0.405. The zero-order chi connectivity index (χ0) is 13.2. The fourth-order valence-corrected chi connectivity index (χ4v) is 2.08. The van der Waals surface area contributed by atoms with Gasteiger partial charge in [-0.05, 0) is 29.8 Å². The van der Waals surface area contributed by atoms with E-state index in [9.17, 15) is 9.59 Å². The summed E-state index contributed by atoms with van der Waals surface area (Å²) < 4.78 is 0. The molecule has 0 radical (unpaired) electrons. The van der Waals surface area contributed by atoms with Crippen molar-refractivity contribution in [1.82, 2.24) is 0 Å². The Kier molecular flexibility index (Phi) is 2.76. The summed E-state index contributed by atoms with van der Waals surface area (Å²) in [5, 5.41) is 5.57. The second kappa shape index (κ2) is 4.57. The third kappa shape index (κ3) is 2.33. The molecule has 1 aliphatic heterocycles. The zero-order valence-electron chi connectivity index (χ0n) is 10.1. The van der Waals surface area contributed by atoms with Crippen molar-refractivity contribution in [2.75, 3.05) is 10.6 Å². The molecule has 0 aromatic heterocycles. The van der Waals surface area contributed by atoms with Gasteiger partial charge in [0.1, 0.15) is 0 Å². The highest BCUT2D eigenvalue weighted by atomic mass is 16.2. The van der Waals surface area contributed by atoms with Crippen molar-refractivity contribution >= 4 is 23.2 Å². The molecule has 2 N–H and O–H groups in total. The van der Waals surface area contributed by atoms with Gasteiger partial charge in [-0.1, -0.05) is 24.3 Å². The van der Waals surface area contributed by atoms with E-state index in [1.165, 1.54) is 0 Å². The molecule has 3 rings (SSSR count). The maximum absolute atomic E-state index is 12.0. The van der Waals surface area contributed by atoms with E-state index >= 15 is 0 Å². The summed E-state index contributed by atoms with van der Waals surface area (Å²) in [6, 6.07) is 14.4. The average molecular weight is 252 g/mol. The predicted molar refractivity (Wildman–Crippen MR) is 73.2 cm³/mol. The van der Waals surface area contributed by atoms with Crippen molar-refractivity contribution in [2.45, 2.75) is 6.42 Å². The Balaban J connectivity index is 1.80. The van der Waals surface area contributed by atoms with E-state index < -0.39 is 0 Å². The van der Waals surface area contributed by atoms with Gasteiger partial charge < -0.3 is 10.6 Å². The van der Waals surface area contributed by atoms with Gasteiger partial charge in [0.05, 0.1) is 6.42 Å². The number of rotatable bonds is 2. The topological polar surface area (TPSA) is 58.2 Å². The van der Waals surface area contributed by atoms with Crippen molar-refractivity contribution in [2.24, 2.45) is 0 Å². The molecule has 0 fully saturated rings. The van der Waals surface area contributed by atoms with Gasteiger partial charge in [0.25, 0.3) is 5.91 Å². The molecule has 2 aromatic carbocycles. The molecule has 0 atom stereocenters. The zero-order valence-corrected chi connectivity index (χ0v) is 10.1. The van der Waals surface area contributed by atoms with Crippen molar-refractivity contribution in [3.05, 3.63) is 59.7 Å². The van der Waals surface area contributed by atoms with Crippen LogP contribution in [-0.2, 0) is 11.2 Å². The largest absolute Gasteiger partial charge is 0.325 e. The number of hydrogen-bond acceptors (Lipinski definition) is 2. The lowest BCUT2D eigenvalue weighted by Gasteiger charge is -2.07. The Bertz CT molecular complexity index is 650. The summed E-state index contributed by atoms with van der Waals surface area (Å²) in [4.78, 5) is 23.2. The lowest BCUT2D eigenvalue weighted by Crippen LogP contribution is -2.11. The standard InChI is InChI=1S/C15H12N2O2/c18-14-8-11-6-7-12(9-13(11)17-14)16-15(19)10-4-2-1-3-5-10/h1-7,9H,8H2,(H,16,19)(H,17,18). The van der Waals surface area contributed by atoms with Crippen molar-refractivity contribution in [1.29, 1.82) is 0 Å². The average Bonchev–Trinajstić information content (AvgIpc) is 2.79. The molecule has 4 heteroatoms. The molecule has 0 saturated heterocycles. The van der Waals surface area contributed by atoms with Crippen LogP contribution in [0.1, 0.15) is 15.9 Å². The molecule has 1 heterocycles. The van der Waals surface area contributed by atoms with Crippen LogP contribution in [0.2, 0.25) is 0 Å². The second-order valence-corrected chi connectivity index (χ2v) is 4.42. The van der Waals surface area contributed by atoms with Gasteiger partial charge in [-0.15, -0.1) is 0 Å². The van der Waals surface area contributed by atoms with Crippen LogP contribution in [0.15, 0.2) is 48.5 Å². The van der Waals surface area contributed by atoms with Gasteiger partial charge in [-0.3, -0.25) is 9.59 Å². The van der Waals surface area contributed by atoms with Crippen LogP contribution >= 0.6 is 0 Å². The maximum atomic E-state index is 12.0. The first-order chi connectivity index (χ1) is 9.22.